The van der Waals surface area contributed by atoms with Crippen LogP contribution >= 0.6 is 0 Å². The van der Waals surface area contributed by atoms with Gasteiger partial charge in [-0.25, -0.2) is 0 Å². The van der Waals surface area contributed by atoms with Crippen molar-refractivity contribution in [3.63, 3.8) is 0 Å². The fourth-order valence-corrected chi connectivity index (χ4v) is 10.2. The molecule has 0 bridgehead atoms. The van der Waals surface area contributed by atoms with Gasteiger partial charge in [0.1, 0.15) is 11.2 Å². The van der Waals surface area contributed by atoms with E-state index in [0.29, 0.717) is 0 Å². The maximum Gasteiger partial charge on any atom is 0.136 e. The van der Waals surface area contributed by atoms with Crippen LogP contribution < -0.4 is 4.90 Å². The van der Waals surface area contributed by atoms with Crippen molar-refractivity contribution in [2.75, 3.05) is 4.90 Å². The SMILES string of the molecule is c1cc(-c2cccc3oc4ccccc4c23)cc(N(c2ccc(-c3ccc(-c4cccc5c4ccc4ccccc45)cc3)cc2)c2ccc(-c3ccc4ccc5ccccc5c4c3)cc2)c1. The van der Waals surface area contributed by atoms with E-state index in [2.05, 4.69) is 241 Å². The normalized spacial score (nSPS) is 11.6. The topological polar surface area (TPSA) is 16.4 Å². The Morgan fingerprint density at radius 2 is 0.742 bits per heavy atom. The Kier molecular flexibility index (Phi) is 8.89. The molecule has 2 nitrogen and oxygen atoms in total. The highest BCUT2D eigenvalue weighted by atomic mass is 16.3. The highest BCUT2D eigenvalue weighted by Gasteiger charge is 2.18. The van der Waals surface area contributed by atoms with Gasteiger partial charge in [0.25, 0.3) is 0 Å². The van der Waals surface area contributed by atoms with E-state index < -0.39 is 0 Å². The molecule has 13 rings (SSSR count). The average molecular weight is 840 g/mol. The van der Waals surface area contributed by atoms with Crippen molar-refractivity contribution in [1.82, 2.24) is 0 Å². The molecule has 0 amide bonds. The largest absolute Gasteiger partial charge is 0.456 e. The molecule has 308 valence electrons. The standard InChI is InChI=1S/C64H41NO/c1-3-14-54-46(11-1)34-39-59-55(17-8-19-58(54)59)47-24-22-42(23-25-47)43-30-35-51(36-31-43)65(53-13-7-12-50(40-53)57-18-9-21-63-64(57)60-16-5-6-20-62(60)66-63)52-37-32-44(33-38-52)49-29-28-48-27-26-45-10-2-4-15-56(45)61(48)41-49/h1-41H. The third-order valence-electron chi connectivity index (χ3n) is 13.5. The maximum absolute atomic E-state index is 6.32. The summed E-state index contributed by atoms with van der Waals surface area (Å²) in [5, 5.41) is 12.4. The Hall–Kier alpha value is -8.72. The van der Waals surface area contributed by atoms with Gasteiger partial charge in [-0.05, 0) is 142 Å². The van der Waals surface area contributed by atoms with Crippen LogP contribution in [0.15, 0.2) is 253 Å². The summed E-state index contributed by atoms with van der Waals surface area (Å²) in [5.74, 6) is 0. The van der Waals surface area contributed by atoms with Crippen molar-refractivity contribution in [2.24, 2.45) is 0 Å². The third kappa shape index (κ3) is 6.42. The van der Waals surface area contributed by atoms with Crippen LogP contribution in [0.2, 0.25) is 0 Å². The Balaban J connectivity index is 0.880. The smallest absolute Gasteiger partial charge is 0.136 e. The van der Waals surface area contributed by atoms with Crippen LogP contribution in [-0.4, -0.2) is 0 Å². The van der Waals surface area contributed by atoms with Crippen LogP contribution in [0.25, 0.3) is 110 Å². The van der Waals surface area contributed by atoms with Crippen LogP contribution in [-0.2, 0) is 0 Å². The van der Waals surface area contributed by atoms with E-state index in [1.807, 2.05) is 12.1 Å². The number of nitrogens with zero attached hydrogens (tertiary/aromatic N) is 1. The molecule has 2 heteroatoms. The van der Waals surface area contributed by atoms with E-state index in [1.165, 1.54) is 76.5 Å². The van der Waals surface area contributed by atoms with Crippen molar-refractivity contribution < 1.29 is 4.42 Å². The van der Waals surface area contributed by atoms with Crippen LogP contribution in [0.4, 0.5) is 17.1 Å². The number of rotatable bonds is 7. The minimum Gasteiger partial charge on any atom is -0.456 e. The fourth-order valence-electron chi connectivity index (χ4n) is 10.2. The summed E-state index contributed by atoms with van der Waals surface area (Å²) in [4.78, 5) is 2.37. The second kappa shape index (κ2) is 15.5. The Morgan fingerprint density at radius 3 is 1.48 bits per heavy atom. The average Bonchev–Trinajstić information content (AvgIpc) is 3.78. The first-order valence-electron chi connectivity index (χ1n) is 22.6. The minimum absolute atomic E-state index is 0.891. The number of para-hydroxylation sites is 1. The van der Waals surface area contributed by atoms with Gasteiger partial charge in [0, 0.05) is 27.8 Å². The van der Waals surface area contributed by atoms with Gasteiger partial charge < -0.3 is 9.32 Å². The number of benzene rings is 12. The van der Waals surface area contributed by atoms with Crippen molar-refractivity contribution >= 4 is 82.1 Å². The third-order valence-corrected chi connectivity index (χ3v) is 13.5. The van der Waals surface area contributed by atoms with E-state index >= 15 is 0 Å². The molecule has 0 aliphatic rings. The molecule has 66 heavy (non-hydrogen) atoms. The van der Waals surface area contributed by atoms with Crippen molar-refractivity contribution in [2.45, 2.75) is 0 Å². The Bertz CT molecular complexity index is 3970. The van der Waals surface area contributed by atoms with E-state index in [0.717, 1.165) is 50.1 Å². The van der Waals surface area contributed by atoms with Gasteiger partial charge in [0.2, 0.25) is 0 Å². The lowest BCUT2D eigenvalue weighted by molar-refractivity contribution is 0.669. The van der Waals surface area contributed by atoms with Gasteiger partial charge >= 0.3 is 0 Å². The molecule has 0 saturated heterocycles. The van der Waals surface area contributed by atoms with E-state index in [-0.39, 0.29) is 0 Å². The summed E-state index contributed by atoms with van der Waals surface area (Å²) in [6.45, 7) is 0. The van der Waals surface area contributed by atoms with E-state index in [9.17, 15) is 0 Å². The van der Waals surface area contributed by atoms with Crippen LogP contribution in [0, 0.1) is 0 Å². The molecular weight excluding hydrogens is 799 g/mol. The molecule has 1 heterocycles. The Morgan fingerprint density at radius 1 is 0.242 bits per heavy atom. The summed E-state index contributed by atoms with van der Waals surface area (Å²) in [6, 6.07) is 90.3. The molecular formula is C64H41NO. The summed E-state index contributed by atoms with van der Waals surface area (Å²) < 4.78 is 6.32. The van der Waals surface area contributed by atoms with E-state index in [1.54, 1.807) is 0 Å². The molecule has 0 N–H and O–H groups in total. The summed E-state index contributed by atoms with van der Waals surface area (Å²) in [6.07, 6.45) is 0. The zero-order chi connectivity index (χ0) is 43.6. The zero-order valence-electron chi connectivity index (χ0n) is 36.0. The molecule has 0 unspecified atom stereocenters. The summed E-state index contributed by atoms with van der Waals surface area (Å²) >= 11 is 0. The molecule has 0 fully saturated rings. The number of hydrogen-bond acceptors (Lipinski definition) is 2. The minimum atomic E-state index is 0.891. The molecule has 0 spiro atoms. The molecule has 0 atom stereocenters. The molecule has 12 aromatic carbocycles. The Labute approximate surface area is 382 Å². The fraction of sp³-hybridized carbons (Fsp3) is 0. The summed E-state index contributed by atoms with van der Waals surface area (Å²) in [7, 11) is 0. The highest BCUT2D eigenvalue weighted by Crippen LogP contribution is 2.42. The number of furan rings is 1. The molecule has 0 saturated carbocycles. The van der Waals surface area contributed by atoms with Gasteiger partial charge in [0.15, 0.2) is 0 Å². The molecule has 0 aliphatic heterocycles. The quantitative estimate of drug-likeness (QED) is 0.149. The molecule has 0 aliphatic carbocycles. The van der Waals surface area contributed by atoms with Crippen LogP contribution in [0.1, 0.15) is 0 Å². The molecule has 0 radical (unpaired) electrons. The predicted molar refractivity (Wildman–Crippen MR) is 280 cm³/mol. The maximum atomic E-state index is 6.32. The first-order valence-corrected chi connectivity index (χ1v) is 22.6. The van der Waals surface area contributed by atoms with Crippen LogP contribution in [0.3, 0.4) is 0 Å². The second-order valence-electron chi connectivity index (χ2n) is 17.2. The second-order valence-corrected chi connectivity index (χ2v) is 17.2. The van der Waals surface area contributed by atoms with Crippen molar-refractivity contribution in [3.05, 3.63) is 249 Å². The van der Waals surface area contributed by atoms with Crippen molar-refractivity contribution in [1.29, 1.82) is 0 Å². The lowest BCUT2D eigenvalue weighted by Crippen LogP contribution is -2.10. The van der Waals surface area contributed by atoms with Gasteiger partial charge in [-0.3, -0.25) is 0 Å². The first-order chi connectivity index (χ1) is 32.7. The zero-order valence-corrected chi connectivity index (χ0v) is 36.0. The van der Waals surface area contributed by atoms with Gasteiger partial charge in [-0.1, -0.05) is 194 Å². The summed E-state index contributed by atoms with van der Waals surface area (Å²) in [5.41, 5.74) is 14.5. The number of fused-ring (bicyclic) bond motifs is 9. The lowest BCUT2D eigenvalue weighted by Gasteiger charge is -2.26. The van der Waals surface area contributed by atoms with Gasteiger partial charge in [-0.2, -0.15) is 0 Å². The number of hydrogen-bond donors (Lipinski definition) is 0. The van der Waals surface area contributed by atoms with Crippen molar-refractivity contribution in [3.8, 4) is 44.5 Å². The predicted octanol–water partition coefficient (Wildman–Crippen LogP) is 18.3. The molecule has 13 aromatic rings. The molecule has 1 aromatic heterocycles. The van der Waals surface area contributed by atoms with E-state index in [4.69, 9.17) is 4.42 Å². The number of anilines is 3. The monoisotopic (exact) mass is 839 g/mol. The first kappa shape index (κ1) is 37.8. The highest BCUT2D eigenvalue weighted by molar-refractivity contribution is 6.14. The van der Waals surface area contributed by atoms with Crippen LogP contribution in [0.5, 0.6) is 0 Å². The van der Waals surface area contributed by atoms with Gasteiger partial charge in [-0.15, -0.1) is 0 Å². The lowest BCUT2D eigenvalue weighted by atomic mass is 9.93. The van der Waals surface area contributed by atoms with Gasteiger partial charge in [0.05, 0.1) is 0 Å².